The average Bonchev–Trinajstić information content (AvgIpc) is 3.39. The molecule has 2 N–H and O–H groups in total. The number of piperazine rings is 1. The van der Waals surface area contributed by atoms with Crippen molar-refractivity contribution in [1.29, 1.82) is 0 Å². The number of hydrogen-bond donors (Lipinski definition) is 2. The molecule has 6 heteroatoms. The van der Waals surface area contributed by atoms with Crippen molar-refractivity contribution in [2.75, 3.05) is 44.2 Å². The van der Waals surface area contributed by atoms with Gasteiger partial charge in [0.1, 0.15) is 5.75 Å². The van der Waals surface area contributed by atoms with Gasteiger partial charge >= 0.3 is 0 Å². The van der Waals surface area contributed by atoms with E-state index in [1.807, 2.05) is 6.07 Å². The second-order valence-electron chi connectivity index (χ2n) is 6.90. The van der Waals surface area contributed by atoms with Crippen LogP contribution < -0.4 is 10.2 Å². The number of rotatable bonds is 7. The molecule has 3 rings (SSSR count). The summed E-state index contributed by atoms with van der Waals surface area (Å²) in [7, 11) is 0. The van der Waals surface area contributed by atoms with Gasteiger partial charge in [-0.15, -0.1) is 24.8 Å². The van der Waals surface area contributed by atoms with Crippen LogP contribution in [-0.2, 0) is 0 Å². The molecule has 25 heavy (non-hydrogen) atoms. The summed E-state index contributed by atoms with van der Waals surface area (Å²) in [6.07, 6.45) is 3.92. The van der Waals surface area contributed by atoms with Gasteiger partial charge in [0.25, 0.3) is 0 Å². The molecule has 2 aliphatic rings. The predicted molar refractivity (Wildman–Crippen MR) is 111 cm³/mol. The first-order valence-electron chi connectivity index (χ1n) is 9.25. The smallest absolute Gasteiger partial charge is 0.122 e. The highest BCUT2D eigenvalue weighted by atomic mass is 35.5. The van der Waals surface area contributed by atoms with Gasteiger partial charge in [0.05, 0.1) is 0 Å². The van der Waals surface area contributed by atoms with Crippen LogP contribution in [0.15, 0.2) is 18.2 Å². The quantitative estimate of drug-likeness (QED) is 0.742. The first-order valence-corrected chi connectivity index (χ1v) is 9.25. The topological polar surface area (TPSA) is 38.7 Å². The van der Waals surface area contributed by atoms with Crippen molar-refractivity contribution in [2.45, 2.75) is 39.2 Å². The molecule has 1 saturated carbocycles. The van der Waals surface area contributed by atoms with Gasteiger partial charge in [-0.3, -0.25) is 4.90 Å². The minimum Gasteiger partial charge on any atom is -0.508 e. The van der Waals surface area contributed by atoms with Crippen LogP contribution in [0, 0.1) is 5.92 Å². The highest BCUT2D eigenvalue weighted by Crippen LogP contribution is 2.42. The molecular weight excluding hydrogens is 357 g/mol. The van der Waals surface area contributed by atoms with Crippen molar-refractivity contribution in [3.8, 4) is 5.75 Å². The van der Waals surface area contributed by atoms with Gasteiger partial charge in [0.15, 0.2) is 0 Å². The molecule has 1 atom stereocenters. The summed E-state index contributed by atoms with van der Waals surface area (Å²) in [5, 5.41) is 14.1. The van der Waals surface area contributed by atoms with Crippen LogP contribution in [0.1, 0.15) is 44.7 Å². The van der Waals surface area contributed by atoms with E-state index in [9.17, 15) is 5.11 Å². The molecule has 144 valence electrons. The van der Waals surface area contributed by atoms with E-state index in [0.717, 1.165) is 56.4 Å². The number of phenols is 1. The van der Waals surface area contributed by atoms with E-state index in [0.29, 0.717) is 11.8 Å². The van der Waals surface area contributed by atoms with Crippen molar-refractivity contribution in [3.05, 3.63) is 23.8 Å². The summed E-state index contributed by atoms with van der Waals surface area (Å²) in [6, 6.07) is 6.68. The fourth-order valence-electron chi connectivity index (χ4n) is 3.74. The van der Waals surface area contributed by atoms with E-state index in [1.54, 1.807) is 0 Å². The molecule has 0 bridgehead atoms. The summed E-state index contributed by atoms with van der Waals surface area (Å²) in [5.74, 6) is 1.33. The van der Waals surface area contributed by atoms with Crippen LogP contribution in [0.3, 0.4) is 0 Å². The van der Waals surface area contributed by atoms with Crippen molar-refractivity contribution in [3.63, 3.8) is 0 Å². The fourth-order valence-corrected chi connectivity index (χ4v) is 3.74. The van der Waals surface area contributed by atoms with Gasteiger partial charge in [-0.25, -0.2) is 0 Å². The third kappa shape index (κ3) is 5.65. The van der Waals surface area contributed by atoms with E-state index in [-0.39, 0.29) is 24.8 Å². The van der Waals surface area contributed by atoms with E-state index >= 15 is 0 Å². The second kappa shape index (κ2) is 10.5. The Bertz CT molecular complexity index is 515. The Labute approximate surface area is 164 Å². The zero-order chi connectivity index (χ0) is 16.2. The lowest BCUT2D eigenvalue weighted by Crippen LogP contribution is -2.45. The summed E-state index contributed by atoms with van der Waals surface area (Å²) in [5.41, 5.74) is 2.25. The molecule has 1 aliphatic heterocycles. The molecule has 0 spiro atoms. The van der Waals surface area contributed by atoms with Gasteiger partial charge in [0.2, 0.25) is 0 Å². The minimum absolute atomic E-state index is 0. The first-order chi connectivity index (χ1) is 11.2. The Balaban J connectivity index is 0.00000156. The lowest BCUT2D eigenvalue weighted by Gasteiger charge is -2.36. The summed E-state index contributed by atoms with van der Waals surface area (Å²) in [6.45, 7) is 10.5. The molecule has 4 nitrogen and oxygen atoms in total. The number of benzene rings is 1. The largest absolute Gasteiger partial charge is 0.508 e. The van der Waals surface area contributed by atoms with Crippen molar-refractivity contribution < 1.29 is 5.11 Å². The number of nitrogens with zero attached hydrogens (tertiary/aromatic N) is 2. The van der Waals surface area contributed by atoms with Crippen LogP contribution in [-0.4, -0.2) is 49.3 Å². The van der Waals surface area contributed by atoms with E-state index in [2.05, 4.69) is 41.1 Å². The maximum Gasteiger partial charge on any atom is 0.122 e. The van der Waals surface area contributed by atoms with Gasteiger partial charge in [0, 0.05) is 62.6 Å². The van der Waals surface area contributed by atoms with Crippen LogP contribution in [0.5, 0.6) is 5.75 Å². The Kier molecular flexibility index (Phi) is 9.36. The molecule has 1 aliphatic carbocycles. The Morgan fingerprint density at radius 2 is 1.80 bits per heavy atom. The third-order valence-electron chi connectivity index (χ3n) is 5.35. The molecule has 0 aromatic heterocycles. The third-order valence-corrected chi connectivity index (χ3v) is 5.35. The molecule has 1 heterocycles. The molecule has 0 amide bonds. The standard InChI is InChI=1S/C19H31N3O.2ClH/c1-3-21(4-2)16-7-8-17(19(23)14-16)18(13-15-5-6-15)22-11-9-20-10-12-22;;/h7-8,14-15,18,20,23H,3-6,9-13H2,1-2H3;2*1H/t18-;;/m0../s1. The Morgan fingerprint density at radius 3 is 2.32 bits per heavy atom. The monoisotopic (exact) mass is 389 g/mol. The maximum absolute atomic E-state index is 10.7. The maximum atomic E-state index is 10.7. The molecule has 2 fully saturated rings. The number of aromatic hydroxyl groups is 1. The zero-order valence-corrected chi connectivity index (χ0v) is 17.0. The number of halogens is 2. The van der Waals surface area contributed by atoms with Crippen LogP contribution in [0.25, 0.3) is 0 Å². The van der Waals surface area contributed by atoms with Crippen LogP contribution in [0.4, 0.5) is 5.69 Å². The summed E-state index contributed by atoms with van der Waals surface area (Å²) < 4.78 is 0. The minimum atomic E-state index is 0. The van der Waals surface area contributed by atoms with Gasteiger partial charge in [-0.2, -0.15) is 0 Å². The molecule has 1 aromatic carbocycles. The van der Waals surface area contributed by atoms with Gasteiger partial charge in [-0.1, -0.05) is 18.9 Å². The van der Waals surface area contributed by atoms with Crippen molar-refractivity contribution in [1.82, 2.24) is 10.2 Å². The molecule has 0 radical (unpaired) electrons. The summed E-state index contributed by atoms with van der Waals surface area (Å²) in [4.78, 5) is 4.84. The van der Waals surface area contributed by atoms with Gasteiger partial charge < -0.3 is 15.3 Å². The fraction of sp³-hybridized carbons (Fsp3) is 0.684. The molecule has 1 aromatic rings. The average molecular weight is 390 g/mol. The number of anilines is 1. The summed E-state index contributed by atoms with van der Waals surface area (Å²) >= 11 is 0. The molecule has 0 unspecified atom stereocenters. The number of phenolic OH excluding ortho intramolecular Hbond substituents is 1. The van der Waals surface area contributed by atoms with Crippen LogP contribution >= 0.6 is 24.8 Å². The van der Waals surface area contributed by atoms with E-state index < -0.39 is 0 Å². The Hall–Kier alpha value is -0.680. The van der Waals surface area contributed by atoms with Crippen LogP contribution in [0.2, 0.25) is 0 Å². The number of hydrogen-bond acceptors (Lipinski definition) is 4. The van der Waals surface area contributed by atoms with E-state index in [4.69, 9.17) is 0 Å². The molecular formula is C19H33Cl2N3O. The van der Waals surface area contributed by atoms with E-state index in [1.165, 1.54) is 19.3 Å². The predicted octanol–water partition coefficient (Wildman–Crippen LogP) is 3.83. The normalized spacial score (nSPS) is 18.8. The second-order valence-corrected chi connectivity index (χ2v) is 6.90. The first kappa shape index (κ1) is 22.4. The highest BCUT2D eigenvalue weighted by Gasteiger charge is 2.31. The lowest BCUT2D eigenvalue weighted by atomic mass is 9.97. The number of nitrogens with one attached hydrogen (secondary N) is 1. The lowest BCUT2D eigenvalue weighted by molar-refractivity contribution is 0.158. The highest BCUT2D eigenvalue weighted by molar-refractivity contribution is 5.85. The molecule has 1 saturated heterocycles. The zero-order valence-electron chi connectivity index (χ0n) is 15.4. The SMILES string of the molecule is CCN(CC)c1ccc([C@H](CC2CC2)N2CCNCC2)c(O)c1.Cl.Cl. The van der Waals surface area contributed by atoms with Crippen molar-refractivity contribution in [2.24, 2.45) is 5.92 Å². The van der Waals surface area contributed by atoms with Crippen molar-refractivity contribution >= 4 is 30.5 Å². The van der Waals surface area contributed by atoms with Gasteiger partial charge in [-0.05, 0) is 32.3 Å². The Morgan fingerprint density at radius 1 is 1.16 bits per heavy atom.